The van der Waals surface area contributed by atoms with E-state index in [9.17, 15) is 14.0 Å². The van der Waals surface area contributed by atoms with Gasteiger partial charge in [0, 0.05) is 5.56 Å². The Labute approximate surface area is 199 Å². The molecule has 0 radical (unpaired) electrons. The molecule has 0 spiro atoms. The highest BCUT2D eigenvalue weighted by molar-refractivity contribution is 9.11. The molecule has 0 atom stereocenters. The Morgan fingerprint density at radius 3 is 2.28 bits per heavy atom. The van der Waals surface area contributed by atoms with Crippen molar-refractivity contribution in [1.29, 1.82) is 0 Å². The maximum Gasteiger partial charge on any atom is 0.363 e. The third kappa shape index (κ3) is 4.87. The third-order valence-electron chi connectivity index (χ3n) is 4.52. The standard InChI is InChI=1S/C24H14Br2FNO4/c1-13-2-4-16(5-3-13)23(29)31-21-18(25)10-14(11-19(21)26)12-20-24(30)32-22(28-20)15-6-8-17(27)9-7-15/h2-12H,1H3/b20-12-. The summed E-state index contributed by atoms with van der Waals surface area (Å²) in [6.07, 6.45) is 1.54. The van der Waals surface area contributed by atoms with Crippen molar-refractivity contribution in [2.24, 2.45) is 4.99 Å². The van der Waals surface area contributed by atoms with Gasteiger partial charge in [0.05, 0.1) is 14.5 Å². The van der Waals surface area contributed by atoms with E-state index in [1.54, 1.807) is 30.3 Å². The summed E-state index contributed by atoms with van der Waals surface area (Å²) in [6.45, 7) is 1.93. The Morgan fingerprint density at radius 2 is 1.66 bits per heavy atom. The van der Waals surface area contributed by atoms with Gasteiger partial charge in [0.2, 0.25) is 5.90 Å². The summed E-state index contributed by atoms with van der Waals surface area (Å²) in [4.78, 5) is 28.9. The summed E-state index contributed by atoms with van der Waals surface area (Å²) in [5.74, 6) is -1.10. The van der Waals surface area contributed by atoms with Crippen LogP contribution in [0.15, 0.2) is 80.3 Å². The SMILES string of the molecule is Cc1ccc(C(=O)Oc2c(Br)cc(/C=C3\N=C(c4ccc(F)cc4)OC3=O)cc2Br)cc1. The fourth-order valence-corrected chi connectivity index (χ4v) is 4.27. The van der Waals surface area contributed by atoms with Gasteiger partial charge in [-0.1, -0.05) is 17.7 Å². The van der Waals surface area contributed by atoms with Crippen molar-refractivity contribution in [2.45, 2.75) is 6.92 Å². The lowest BCUT2D eigenvalue weighted by atomic mass is 10.1. The Bertz CT molecular complexity index is 1260. The largest absolute Gasteiger partial charge is 0.421 e. The van der Waals surface area contributed by atoms with E-state index < -0.39 is 17.8 Å². The minimum atomic E-state index is -0.619. The number of halogens is 3. The average molecular weight is 559 g/mol. The first-order chi connectivity index (χ1) is 15.3. The molecule has 1 aliphatic rings. The summed E-state index contributed by atoms with van der Waals surface area (Å²) < 4.78 is 24.9. The first kappa shape index (κ1) is 22.1. The lowest BCUT2D eigenvalue weighted by Gasteiger charge is -2.10. The topological polar surface area (TPSA) is 65.0 Å². The van der Waals surface area contributed by atoms with Crippen LogP contribution < -0.4 is 4.74 Å². The number of ether oxygens (including phenoxy) is 2. The molecule has 0 amide bonds. The van der Waals surface area contributed by atoms with Crippen LogP contribution in [-0.4, -0.2) is 17.8 Å². The number of hydrogen-bond donors (Lipinski definition) is 0. The number of rotatable bonds is 4. The van der Waals surface area contributed by atoms with Gasteiger partial charge in [0.25, 0.3) is 0 Å². The molecule has 0 bridgehead atoms. The number of nitrogens with zero attached hydrogens (tertiary/aromatic N) is 1. The number of cyclic esters (lactones) is 1. The molecule has 0 aliphatic carbocycles. The van der Waals surface area contributed by atoms with Gasteiger partial charge in [-0.05, 0) is 99.0 Å². The zero-order chi connectivity index (χ0) is 22.8. The normalized spacial score (nSPS) is 14.3. The highest BCUT2D eigenvalue weighted by Gasteiger charge is 2.24. The van der Waals surface area contributed by atoms with Gasteiger partial charge in [0.1, 0.15) is 5.82 Å². The Morgan fingerprint density at radius 1 is 1.03 bits per heavy atom. The second-order valence-corrected chi connectivity index (χ2v) is 8.62. The number of benzene rings is 3. The molecule has 160 valence electrons. The van der Waals surface area contributed by atoms with E-state index in [0.29, 0.717) is 31.4 Å². The second kappa shape index (κ2) is 9.18. The average Bonchev–Trinajstić information content (AvgIpc) is 3.11. The van der Waals surface area contributed by atoms with Crippen LogP contribution >= 0.6 is 31.9 Å². The van der Waals surface area contributed by atoms with Gasteiger partial charge in [-0.25, -0.2) is 19.0 Å². The highest BCUT2D eigenvalue weighted by atomic mass is 79.9. The smallest absolute Gasteiger partial charge is 0.363 e. The first-order valence-corrected chi connectivity index (χ1v) is 10.9. The molecular weight excluding hydrogens is 545 g/mol. The summed E-state index contributed by atoms with van der Waals surface area (Å²) in [5.41, 5.74) is 2.67. The Kier molecular flexibility index (Phi) is 6.34. The second-order valence-electron chi connectivity index (χ2n) is 6.91. The van der Waals surface area contributed by atoms with E-state index in [-0.39, 0.29) is 11.6 Å². The number of esters is 2. The highest BCUT2D eigenvalue weighted by Crippen LogP contribution is 2.36. The van der Waals surface area contributed by atoms with Crippen LogP contribution in [0.1, 0.15) is 27.0 Å². The van der Waals surface area contributed by atoms with Crippen molar-refractivity contribution in [3.63, 3.8) is 0 Å². The summed E-state index contributed by atoms with van der Waals surface area (Å²) in [5, 5.41) is 0. The van der Waals surface area contributed by atoms with Gasteiger partial charge in [-0.3, -0.25) is 0 Å². The monoisotopic (exact) mass is 557 g/mol. The van der Waals surface area contributed by atoms with Crippen molar-refractivity contribution in [1.82, 2.24) is 0 Å². The Hall–Kier alpha value is -3.10. The van der Waals surface area contributed by atoms with Crippen molar-refractivity contribution in [2.75, 3.05) is 0 Å². The number of aryl methyl sites for hydroxylation is 1. The lowest BCUT2D eigenvalue weighted by Crippen LogP contribution is -2.09. The van der Waals surface area contributed by atoms with Gasteiger partial charge in [-0.15, -0.1) is 0 Å². The minimum Gasteiger partial charge on any atom is -0.421 e. The van der Waals surface area contributed by atoms with Crippen LogP contribution in [0.5, 0.6) is 5.75 Å². The predicted octanol–water partition coefficient (Wildman–Crippen LogP) is 6.22. The molecule has 1 heterocycles. The van der Waals surface area contributed by atoms with Crippen molar-refractivity contribution < 1.29 is 23.5 Å². The number of aliphatic imine (C=N–C) groups is 1. The molecule has 0 aromatic heterocycles. The maximum atomic E-state index is 13.1. The van der Waals surface area contributed by atoms with Crippen molar-refractivity contribution in [3.05, 3.63) is 103 Å². The summed E-state index contributed by atoms with van der Waals surface area (Å²) in [7, 11) is 0. The fraction of sp³-hybridized carbons (Fsp3) is 0.0417. The predicted molar refractivity (Wildman–Crippen MR) is 125 cm³/mol. The van der Waals surface area contributed by atoms with Crippen molar-refractivity contribution >= 4 is 55.8 Å². The molecule has 0 unspecified atom stereocenters. The van der Waals surface area contributed by atoms with Gasteiger partial charge in [-0.2, -0.15) is 0 Å². The fourth-order valence-electron chi connectivity index (χ4n) is 2.88. The van der Waals surface area contributed by atoms with Crippen molar-refractivity contribution in [3.8, 4) is 5.75 Å². The molecule has 4 rings (SSSR count). The quantitative estimate of drug-likeness (QED) is 0.216. The number of carbonyl (C=O) groups excluding carboxylic acids is 2. The van der Waals surface area contributed by atoms with Crippen LogP contribution in [0.3, 0.4) is 0 Å². The van der Waals surface area contributed by atoms with Crippen LogP contribution in [0.4, 0.5) is 4.39 Å². The summed E-state index contributed by atoms with van der Waals surface area (Å²) in [6, 6.07) is 15.9. The van der Waals surface area contributed by atoms with Crippen LogP contribution in [0.25, 0.3) is 6.08 Å². The first-order valence-electron chi connectivity index (χ1n) is 9.36. The van der Waals surface area contributed by atoms with Crippen LogP contribution in [0.2, 0.25) is 0 Å². The number of carbonyl (C=O) groups is 2. The maximum absolute atomic E-state index is 13.1. The zero-order valence-electron chi connectivity index (χ0n) is 16.6. The molecule has 3 aromatic carbocycles. The third-order valence-corrected chi connectivity index (χ3v) is 5.70. The van der Waals surface area contributed by atoms with E-state index in [2.05, 4.69) is 36.9 Å². The van der Waals surface area contributed by atoms with E-state index in [1.807, 2.05) is 19.1 Å². The molecule has 8 heteroatoms. The minimum absolute atomic E-state index is 0.0903. The van der Waals surface area contributed by atoms with E-state index >= 15 is 0 Å². The van der Waals surface area contributed by atoms with E-state index in [0.717, 1.165) is 5.56 Å². The summed E-state index contributed by atoms with van der Waals surface area (Å²) >= 11 is 6.81. The number of hydrogen-bond acceptors (Lipinski definition) is 5. The molecule has 3 aromatic rings. The molecular formula is C24H14Br2FNO4. The van der Waals surface area contributed by atoms with Gasteiger partial charge < -0.3 is 9.47 Å². The van der Waals surface area contributed by atoms with Crippen LogP contribution in [-0.2, 0) is 9.53 Å². The molecule has 5 nitrogen and oxygen atoms in total. The molecule has 0 saturated heterocycles. The zero-order valence-corrected chi connectivity index (χ0v) is 19.7. The van der Waals surface area contributed by atoms with E-state index in [1.165, 1.54) is 24.3 Å². The molecule has 32 heavy (non-hydrogen) atoms. The molecule has 0 fully saturated rings. The Balaban J connectivity index is 1.58. The molecule has 0 saturated carbocycles. The van der Waals surface area contributed by atoms with Gasteiger partial charge >= 0.3 is 11.9 Å². The molecule has 1 aliphatic heterocycles. The molecule has 0 N–H and O–H groups in total. The van der Waals surface area contributed by atoms with Crippen LogP contribution in [0, 0.1) is 12.7 Å². The lowest BCUT2D eigenvalue weighted by molar-refractivity contribution is -0.129. The van der Waals surface area contributed by atoms with Gasteiger partial charge in [0.15, 0.2) is 11.4 Å². The van der Waals surface area contributed by atoms with E-state index in [4.69, 9.17) is 9.47 Å².